The minimum atomic E-state index is -3.18. The maximum Gasteiger partial charge on any atom is 0.335 e. The maximum atomic E-state index is 11.3. The van der Waals surface area contributed by atoms with E-state index in [1.54, 1.807) is 36.4 Å². The lowest BCUT2D eigenvalue weighted by molar-refractivity contribution is 0.0697. The third kappa shape index (κ3) is 4.06. The van der Waals surface area contributed by atoms with E-state index in [1.807, 2.05) is 0 Å². The van der Waals surface area contributed by atoms with Crippen molar-refractivity contribution in [2.75, 3.05) is 11.6 Å². The highest BCUT2D eigenvalue weighted by atomic mass is 32.2. The summed E-state index contributed by atoms with van der Waals surface area (Å²) >= 11 is 0. The van der Waals surface area contributed by atoms with Crippen LogP contribution in [0.25, 0.3) is 0 Å². The fraction of sp³-hybridized carbons (Fsp3) is 0.133. The van der Waals surface area contributed by atoms with Crippen molar-refractivity contribution < 1.29 is 18.3 Å². The van der Waals surface area contributed by atoms with Crippen molar-refractivity contribution in [3.05, 3.63) is 59.7 Å². The normalized spacial score (nSPS) is 11.1. The maximum absolute atomic E-state index is 11.3. The Morgan fingerprint density at radius 1 is 1.05 bits per heavy atom. The number of hydrogen-bond donors (Lipinski definition) is 2. The molecule has 0 saturated heterocycles. The molecule has 5 nitrogen and oxygen atoms in total. The van der Waals surface area contributed by atoms with E-state index in [4.69, 9.17) is 5.11 Å². The Labute approximate surface area is 123 Å². The van der Waals surface area contributed by atoms with Gasteiger partial charge in [0, 0.05) is 18.5 Å². The minimum absolute atomic E-state index is 0.234. The van der Waals surface area contributed by atoms with Gasteiger partial charge in [0.05, 0.1) is 10.5 Å². The van der Waals surface area contributed by atoms with Crippen LogP contribution in [0.2, 0.25) is 0 Å². The van der Waals surface area contributed by atoms with Crippen LogP contribution in [-0.2, 0) is 16.4 Å². The average molecular weight is 305 g/mol. The van der Waals surface area contributed by atoms with E-state index in [0.29, 0.717) is 6.54 Å². The molecule has 0 aliphatic carbocycles. The molecular weight excluding hydrogens is 290 g/mol. The van der Waals surface area contributed by atoms with Crippen LogP contribution in [0.3, 0.4) is 0 Å². The first-order chi connectivity index (χ1) is 9.86. The number of sulfone groups is 1. The van der Waals surface area contributed by atoms with Gasteiger partial charge in [-0.05, 0) is 42.0 Å². The van der Waals surface area contributed by atoms with Gasteiger partial charge in [0.15, 0.2) is 9.84 Å². The zero-order chi connectivity index (χ0) is 15.5. The number of carboxylic acids is 1. The van der Waals surface area contributed by atoms with E-state index >= 15 is 0 Å². The molecule has 2 rings (SSSR count). The van der Waals surface area contributed by atoms with Gasteiger partial charge in [0.1, 0.15) is 0 Å². The topological polar surface area (TPSA) is 83.5 Å². The quantitative estimate of drug-likeness (QED) is 0.886. The summed E-state index contributed by atoms with van der Waals surface area (Å²) in [5.41, 5.74) is 1.97. The summed E-state index contributed by atoms with van der Waals surface area (Å²) in [7, 11) is -3.18. The monoisotopic (exact) mass is 305 g/mol. The summed E-state index contributed by atoms with van der Waals surface area (Å²) in [5, 5.41) is 11.9. The van der Waals surface area contributed by atoms with Crippen LogP contribution in [0.15, 0.2) is 53.4 Å². The van der Waals surface area contributed by atoms with Crippen molar-refractivity contribution in [2.45, 2.75) is 11.4 Å². The van der Waals surface area contributed by atoms with Crippen LogP contribution in [0, 0.1) is 0 Å². The van der Waals surface area contributed by atoms with Gasteiger partial charge in [-0.15, -0.1) is 0 Å². The van der Waals surface area contributed by atoms with Crippen LogP contribution in [0.5, 0.6) is 0 Å². The third-order valence-corrected chi connectivity index (χ3v) is 4.11. The number of carbonyl (C=O) groups is 1. The Morgan fingerprint density at radius 2 is 1.62 bits per heavy atom. The molecule has 0 aromatic heterocycles. The van der Waals surface area contributed by atoms with Gasteiger partial charge in [0.25, 0.3) is 0 Å². The van der Waals surface area contributed by atoms with Gasteiger partial charge in [-0.2, -0.15) is 0 Å². The molecule has 0 aliphatic rings. The largest absolute Gasteiger partial charge is 0.478 e. The summed E-state index contributed by atoms with van der Waals surface area (Å²) in [5.74, 6) is -0.960. The van der Waals surface area contributed by atoms with Gasteiger partial charge in [-0.1, -0.05) is 12.1 Å². The number of benzene rings is 2. The van der Waals surface area contributed by atoms with Crippen molar-refractivity contribution in [1.29, 1.82) is 0 Å². The zero-order valence-electron chi connectivity index (χ0n) is 11.4. The Balaban J connectivity index is 2.01. The fourth-order valence-corrected chi connectivity index (χ4v) is 2.42. The van der Waals surface area contributed by atoms with Crippen molar-refractivity contribution in [3.63, 3.8) is 0 Å². The summed E-state index contributed by atoms with van der Waals surface area (Å²) in [4.78, 5) is 11.0. The number of carboxylic acid groups (broad SMARTS) is 1. The SMILES string of the molecule is CS(=O)(=O)c1ccc(CNc2ccc(C(=O)O)cc2)cc1. The highest BCUT2D eigenvalue weighted by Gasteiger charge is 2.06. The van der Waals surface area contributed by atoms with Crippen LogP contribution >= 0.6 is 0 Å². The van der Waals surface area contributed by atoms with Crippen molar-refractivity contribution >= 4 is 21.5 Å². The standard InChI is InChI=1S/C15H15NO4S/c1-21(19,20)14-8-2-11(3-9-14)10-16-13-6-4-12(5-7-13)15(17)18/h2-9,16H,10H2,1H3,(H,17,18). The van der Waals surface area contributed by atoms with Crippen LogP contribution in [-0.4, -0.2) is 25.7 Å². The molecule has 110 valence electrons. The number of hydrogen-bond acceptors (Lipinski definition) is 4. The first-order valence-electron chi connectivity index (χ1n) is 6.22. The predicted molar refractivity (Wildman–Crippen MR) is 80.3 cm³/mol. The van der Waals surface area contributed by atoms with Gasteiger partial charge >= 0.3 is 5.97 Å². The Hall–Kier alpha value is -2.34. The Bertz CT molecular complexity index is 734. The second-order valence-electron chi connectivity index (χ2n) is 4.65. The number of rotatable bonds is 5. The average Bonchev–Trinajstić information content (AvgIpc) is 2.45. The second kappa shape index (κ2) is 5.97. The lowest BCUT2D eigenvalue weighted by Gasteiger charge is -2.07. The molecule has 0 spiro atoms. The number of nitrogens with one attached hydrogen (secondary N) is 1. The van der Waals surface area contributed by atoms with E-state index in [-0.39, 0.29) is 10.5 Å². The molecule has 0 unspecified atom stereocenters. The van der Waals surface area contributed by atoms with Crippen molar-refractivity contribution in [1.82, 2.24) is 0 Å². The molecule has 0 amide bonds. The molecule has 6 heteroatoms. The van der Waals surface area contributed by atoms with Crippen molar-refractivity contribution in [2.24, 2.45) is 0 Å². The van der Waals surface area contributed by atoms with Gasteiger partial charge in [-0.3, -0.25) is 0 Å². The fourth-order valence-electron chi connectivity index (χ4n) is 1.79. The van der Waals surface area contributed by atoms with Crippen LogP contribution in [0.4, 0.5) is 5.69 Å². The summed E-state index contributed by atoms with van der Waals surface area (Å²) < 4.78 is 22.7. The van der Waals surface area contributed by atoms with Gasteiger partial charge < -0.3 is 10.4 Å². The molecule has 0 saturated carbocycles. The van der Waals surface area contributed by atoms with Gasteiger partial charge in [0.2, 0.25) is 0 Å². The van der Waals surface area contributed by atoms with Gasteiger partial charge in [-0.25, -0.2) is 13.2 Å². The predicted octanol–water partition coefficient (Wildman–Crippen LogP) is 2.40. The van der Waals surface area contributed by atoms with E-state index in [0.717, 1.165) is 11.3 Å². The summed E-state index contributed by atoms with van der Waals surface area (Å²) in [6.07, 6.45) is 1.17. The minimum Gasteiger partial charge on any atom is -0.478 e. The molecule has 2 N–H and O–H groups in total. The van der Waals surface area contributed by atoms with E-state index in [2.05, 4.69) is 5.32 Å². The molecule has 2 aromatic carbocycles. The summed E-state index contributed by atoms with van der Waals surface area (Å²) in [6.45, 7) is 0.524. The van der Waals surface area contributed by atoms with E-state index in [1.165, 1.54) is 18.4 Å². The number of anilines is 1. The smallest absolute Gasteiger partial charge is 0.335 e. The highest BCUT2D eigenvalue weighted by Crippen LogP contribution is 2.13. The molecule has 0 radical (unpaired) electrons. The van der Waals surface area contributed by atoms with Crippen molar-refractivity contribution in [3.8, 4) is 0 Å². The Kier molecular flexibility index (Phi) is 4.28. The molecule has 0 bridgehead atoms. The molecule has 2 aromatic rings. The molecule has 21 heavy (non-hydrogen) atoms. The molecule has 0 heterocycles. The van der Waals surface area contributed by atoms with Crippen LogP contribution < -0.4 is 5.32 Å². The highest BCUT2D eigenvalue weighted by molar-refractivity contribution is 7.90. The molecule has 0 fully saturated rings. The zero-order valence-corrected chi connectivity index (χ0v) is 12.2. The number of aromatic carboxylic acids is 1. The first-order valence-corrected chi connectivity index (χ1v) is 8.11. The molecule has 0 aliphatic heterocycles. The Morgan fingerprint density at radius 3 is 2.10 bits per heavy atom. The summed E-state index contributed by atoms with van der Waals surface area (Å²) in [6, 6.07) is 13.1. The second-order valence-corrected chi connectivity index (χ2v) is 6.67. The lowest BCUT2D eigenvalue weighted by atomic mass is 10.2. The molecular formula is C15H15NO4S. The van der Waals surface area contributed by atoms with E-state index in [9.17, 15) is 13.2 Å². The van der Waals surface area contributed by atoms with E-state index < -0.39 is 15.8 Å². The third-order valence-electron chi connectivity index (χ3n) is 2.98. The first kappa shape index (κ1) is 15.1. The molecule has 0 atom stereocenters. The van der Waals surface area contributed by atoms with Crippen LogP contribution in [0.1, 0.15) is 15.9 Å². The lowest BCUT2D eigenvalue weighted by Crippen LogP contribution is -2.02.